The van der Waals surface area contributed by atoms with Gasteiger partial charge in [0.25, 0.3) is 0 Å². The molecular formula is C16H19N3OS. The van der Waals surface area contributed by atoms with Crippen molar-refractivity contribution in [3.8, 4) is 0 Å². The Labute approximate surface area is 128 Å². The molecular weight excluding hydrogens is 282 g/mol. The molecule has 0 atom stereocenters. The third-order valence-corrected chi connectivity index (χ3v) is 5.08. The second kappa shape index (κ2) is 5.93. The van der Waals surface area contributed by atoms with Crippen LogP contribution in [0.3, 0.4) is 0 Å². The molecule has 0 saturated carbocycles. The molecule has 1 N–H and O–H groups in total. The van der Waals surface area contributed by atoms with Crippen LogP contribution in [-0.2, 0) is 19.4 Å². The van der Waals surface area contributed by atoms with E-state index in [-0.39, 0.29) is 5.78 Å². The molecule has 0 fully saturated rings. The van der Waals surface area contributed by atoms with Gasteiger partial charge >= 0.3 is 0 Å². The number of nitrogens with zero attached hydrogens (tertiary/aromatic N) is 2. The minimum absolute atomic E-state index is 0.00551. The Bertz CT molecular complexity index is 678. The van der Waals surface area contributed by atoms with Crippen LogP contribution in [0.4, 0.5) is 5.95 Å². The maximum Gasteiger partial charge on any atom is 0.223 e. The zero-order chi connectivity index (χ0) is 14.8. The van der Waals surface area contributed by atoms with Crippen molar-refractivity contribution in [3.63, 3.8) is 0 Å². The van der Waals surface area contributed by atoms with Crippen molar-refractivity contribution in [1.82, 2.24) is 9.97 Å². The van der Waals surface area contributed by atoms with E-state index in [0.29, 0.717) is 11.5 Å². The highest BCUT2D eigenvalue weighted by molar-refractivity contribution is 7.10. The number of hydrogen-bond donors (Lipinski definition) is 1. The molecule has 2 aromatic rings. The van der Waals surface area contributed by atoms with E-state index < -0.39 is 0 Å². The van der Waals surface area contributed by atoms with Crippen molar-refractivity contribution in [2.45, 2.75) is 46.1 Å². The van der Waals surface area contributed by atoms with Gasteiger partial charge in [0.15, 0.2) is 5.78 Å². The highest BCUT2D eigenvalue weighted by atomic mass is 32.1. The molecule has 5 heteroatoms. The summed E-state index contributed by atoms with van der Waals surface area (Å²) in [5.41, 5.74) is 4.21. The predicted molar refractivity (Wildman–Crippen MR) is 85.1 cm³/mol. The maximum atomic E-state index is 11.4. The van der Waals surface area contributed by atoms with E-state index in [1.165, 1.54) is 43.7 Å². The molecule has 0 aromatic carbocycles. The van der Waals surface area contributed by atoms with Crippen LogP contribution < -0.4 is 5.32 Å². The topological polar surface area (TPSA) is 54.9 Å². The van der Waals surface area contributed by atoms with Gasteiger partial charge in [-0.15, -0.1) is 11.3 Å². The van der Waals surface area contributed by atoms with Crippen molar-refractivity contribution >= 4 is 23.1 Å². The van der Waals surface area contributed by atoms with Crippen LogP contribution in [-0.4, -0.2) is 15.8 Å². The number of nitrogens with one attached hydrogen (secondary N) is 1. The second-order valence-electron chi connectivity index (χ2n) is 5.47. The smallest absolute Gasteiger partial charge is 0.223 e. The van der Waals surface area contributed by atoms with Crippen LogP contribution >= 0.6 is 11.3 Å². The molecule has 0 amide bonds. The van der Waals surface area contributed by atoms with E-state index in [1.807, 2.05) is 18.3 Å². The lowest BCUT2D eigenvalue weighted by Crippen LogP contribution is -2.09. The summed E-state index contributed by atoms with van der Waals surface area (Å²) < 4.78 is 0. The first kappa shape index (κ1) is 14.2. The lowest BCUT2D eigenvalue weighted by molar-refractivity contribution is 0.101. The van der Waals surface area contributed by atoms with Crippen LogP contribution in [0.2, 0.25) is 0 Å². The number of carbonyl (C=O) groups excluding carboxylic acids is 1. The van der Waals surface area contributed by atoms with Gasteiger partial charge in [0.2, 0.25) is 5.95 Å². The van der Waals surface area contributed by atoms with Gasteiger partial charge in [-0.1, -0.05) is 0 Å². The molecule has 0 unspecified atom stereocenters. The fraction of sp³-hybridized carbons (Fsp3) is 0.438. The zero-order valence-electron chi connectivity index (χ0n) is 12.4. The Morgan fingerprint density at radius 2 is 2.19 bits per heavy atom. The number of hydrogen-bond acceptors (Lipinski definition) is 5. The number of carbonyl (C=O) groups is 1. The second-order valence-corrected chi connectivity index (χ2v) is 6.44. The summed E-state index contributed by atoms with van der Waals surface area (Å²) in [6.45, 7) is 4.14. The number of fused-ring (bicyclic) bond motifs is 1. The van der Waals surface area contributed by atoms with Crippen molar-refractivity contribution < 1.29 is 4.79 Å². The zero-order valence-corrected chi connectivity index (χ0v) is 13.2. The average molecular weight is 301 g/mol. The molecule has 3 rings (SSSR count). The lowest BCUT2D eigenvalue weighted by Gasteiger charge is -2.13. The number of thiophene rings is 1. The van der Waals surface area contributed by atoms with Gasteiger partial charge in [0.05, 0.1) is 11.3 Å². The molecule has 21 heavy (non-hydrogen) atoms. The van der Waals surface area contributed by atoms with Crippen LogP contribution in [0.15, 0.2) is 11.6 Å². The summed E-state index contributed by atoms with van der Waals surface area (Å²) >= 11 is 1.87. The van der Waals surface area contributed by atoms with E-state index >= 15 is 0 Å². The van der Waals surface area contributed by atoms with Crippen LogP contribution in [0.5, 0.6) is 0 Å². The van der Waals surface area contributed by atoms with Crippen molar-refractivity contribution in [1.29, 1.82) is 0 Å². The van der Waals surface area contributed by atoms with E-state index in [1.54, 1.807) is 11.1 Å². The van der Waals surface area contributed by atoms with Gasteiger partial charge in [0, 0.05) is 17.6 Å². The van der Waals surface area contributed by atoms with Gasteiger partial charge < -0.3 is 5.32 Å². The first-order valence-electron chi connectivity index (χ1n) is 7.31. The Hall–Kier alpha value is -1.75. The highest BCUT2D eigenvalue weighted by Crippen LogP contribution is 2.30. The molecule has 0 spiro atoms. The van der Waals surface area contributed by atoms with Gasteiger partial charge in [0.1, 0.15) is 0 Å². The predicted octanol–water partition coefficient (Wildman–Crippen LogP) is 3.54. The summed E-state index contributed by atoms with van der Waals surface area (Å²) in [4.78, 5) is 21.5. The molecule has 0 saturated heterocycles. The summed E-state index contributed by atoms with van der Waals surface area (Å²) in [6.07, 6.45) is 6.63. The maximum absolute atomic E-state index is 11.4. The monoisotopic (exact) mass is 301 g/mol. The Morgan fingerprint density at radius 3 is 2.95 bits per heavy atom. The van der Waals surface area contributed by atoms with Gasteiger partial charge in [-0.05, 0) is 56.0 Å². The molecule has 1 aliphatic carbocycles. The Balaban J connectivity index is 1.72. The fourth-order valence-electron chi connectivity index (χ4n) is 2.78. The number of ketones is 1. The van der Waals surface area contributed by atoms with Crippen molar-refractivity contribution in [2.24, 2.45) is 0 Å². The van der Waals surface area contributed by atoms with Crippen LogP contribution in [0.25, 0.3) is 0 Å². The average Bonchev–Trinajstić information content (AvgIpc) is 2.88. The first-order valence-corrected chi connectivity index (χ1v) is 8.19. The molecule has 0 aliphatic heterocycles. The fourth-order valence-corrected chi connectivity index (χ4v) is 3.93. The summed E-state index contributed by atoms with van der Waals surface area (Å²) in [5, 5.41) is 5.53. The van der Waals surface area contributed by atoms with Gasteiger partial charge in [-0.2, -0.15) is 0 Å². The standard InChI is InChI=1S/C16H19N3OS/c1-10-14(11(2)20)8-18-16(19-10)17-7-12-9-21-15-6-4-3-5-13(12)15/h8-9H,3-7H2,1-2H3,(H,17,18,19). The summed E-state index contributed by atoms with van der Waals surface area (Å²) in [6, 6.07) is 0. The third-order valence-electron chi connectivity index (χ3n) is 3.94. The van der Waals surface area contributed by atoms with Crippen molar-refractivity contribution in [2.75, 3.05) is 5.32 Å². The number of aryl methyl sites for hydroxylation is 2. The normalized spacial score (nSPS) is 13.8. The Kier molecular flexibility index (Phi) is 4.01. The van der Waals surface area contributed by atoms with E-state index in [0.717, 1.165) is 12.2 Å². The number of Topliss-reactive ketones (excluding diaryl/α,β-unsaturated/α-hetero) is 1. The molecule has 1 aliphatic rings. The minimum atomic E-state index is 0.00551. The number of rotatable bonds is 4. The lowest BCUT2D eigenvalue weighted by atomic mass is 9.96. The van der Waals surface area contributed by atoms with Crippen LogP contribution in [0.1, 0.15) is 51.8 Å². The Morgan fingerprint density at radius 1 is 1.38 bits per heavy atom. The molecule has 0 bridgehead atoms. The number of aromatic nitrogens is 2. The first-order chi connectivity index (χ1) is 10.1. The summed E-state index contributed by atoms with van der Waals surface area (Å²) in [5.74, 6) is 0.596. The van der Waals surface area contributed by atoms with E-state index in [2.05, 4.69) is 20.7 Å². The molecule has 110 valence electrons. The molecule has 2 heterocycles. The van der Waals surface area contributed by atoms with E-state index in [4.69, 9.17) is 0 Å². The SMILES string of the molecule is CC(=O)c1cnc(NCc2csc3c2CCCC3)nc1C. The van der Waals surface area contributed by atoms with Gasteiger partial charge in [-0.25, -0.2) is 9.97 Å². The minimum Gasteiger partial charge on any atom is -0.350 e. The number of anilines is 1. The van der Waals surface area contributed by atoms with E-state index in [9.17, 15) is 4.79 Å². The molecule has 0 radical (unpaired) electrons. The highest BCUT2D eigenvalue weighted by Gasteiger charge is 2.15. The molecule has 4 nitrogen and oxygen atoms in total. The van der Waals surface area contributed by atoms with Gasteiger partial charge in [-0.3, -0.25) is 4.79 Å². The largest absolute Gasteiger partial charge is 0.350 e. The van der Waals surface area contributed by atoms with Crippen molar-refractivity contribution in [3.05, 3.63) is 38.8 Å². The summed E-state index contributed by atoms with van der Waals surface area (Å²) in [7, 11) is 0. The van der Waals surface area contributed by atoms with Crippen LogP contribution in [0, 0.1) is 6.92 Å². The quantitative estimate of drug-likeness (QED) is 0.878. The molecule has 2 aromatic heterocycles. The third kappa shape index (κ3) is 2.97.